The van der Waals surface area contributed by atoms with Gasteiger partial charge >= 0.3 is 5.97 Å². The van der Waals surface area contributed by atoms with Crippen LogP contribution in [-0.2, 0) is 14.8 Å². The second kappa shape index (κ2) is 7.88. The van der Waals surface area contributed by atoms with E-state index in [9.17, 15) is 18.0 Å². The molecule has 1 aromatic carbocycles. The lowest BCUT2D eigenvalue weighted by Gasteiger charge is -2.12. The number of benzene rings is 1. The summed E-state index contributed by atoms with van der Waals surface area (Å²) in [5.74, 6) is -1.35. The third-order valence-corrected chi connectivity index (χ3v) is 5.30. The average Bonchev–Trinajstić information content (AvgIpc) is 3.00. The number of aliphatic carboxylic acids is 1. The van der Waals surface area contributed by atoms with Crippen molar-refractivity contribution >= 4 is 32.7 Å². The molecule has 0 spiro atoms. The van der Waals surface area contributed by atoms with Gasteiger partial charge in [-0.1, -0.05) is 13.3 Å². The molecular weight excluding hydrogens is 362 g/mol. The fourth-order valence-electron chi connectivity index (χ4n) is 2.27. The van der Waals surface area contributed by atoms with Crippen LogP contribution in [-0.4, -0.2) is 37.9 Å². The summed E-state index contributed by atoms with van der Waals surface area (Å²) < 4.78 is 38.3. The van der Waals surface area contributed by atoms with E-state index in [0.29, 0.717) is 12.4 Å². The molecule has 0 saturated carbocycles. The van der Waals surface area contributed by atoms with Crippen molar-refractivity contribution in [1.29, 1.82) is 0 Å². The maximum absolute atomic E-state index is 12.6. The van der Waals surface area contributed by atoms with E-state index < -0.39 is 22.0 Å². The number of Topliss-reactive ketones (excluding diaryl/α,β-unsaturated/α-hetero) is 1. The lowest BCUT2D eigenvalue weighted by atomic mass is 10.2. The van der Waals surface area contributed by atoms with Gasteiger partial charge < -0.3 is 14.3 Å². The minimum Gasteiger partial charge on any atom is -0.490 e. The number of furan rings is 1. The molecule has 1 atom stereocenters. The van der Waals surface area contributed by atoms with Crippen molar-refractivity contribution in [3.8, 4) is 5.75 Å². The Kier molecular flexibility index (Phi) is 6.04. The molecule has 0 amide bonds. The summed E-state index contributed by atoms with van der Waals surface area (Å²) in [6, 6.07) is 2.75. The molecule has 9 heteroatoms. The van der Waals surface area contributed by atoms with E-state index >= 15 is 0 Å². The van der Waals surface area contributed by atoms with Gasteiger partial charge in [-0.2, -0.15) is 4.72 Å². The second-order valence-electron chi connectivity index (χ2n) is 5.85. The highest BCUT2D eigenvalue weighted by Gasteiger charge is 2.26. The highest BCUT2D eigenvalue weighted by molar-refractivity contribution is 7.89. The first-order chi connectivity index (χ1) is 12.2. The number of carboxylic acid groups (broad SMARTS) is 1. The molecule has 142 valence electrons. The Morgan fingerprint density at radius 3 is 2.62 bits per heavy atom. The number of hydrogen-bond donors (Lipinski definition) is 2. The maximum atomic E-state index is 12.6. The maximum Gasteiger partial charge on any atom is 0.321 e. The predicted molar refractivity (Wildman–Crippen MR) is 94.0 cm³/mol. The van der Waals surface area contributed by atoms with Crippen LogP contribution in [0.15, 0.2) is 27.5 Å². The number of unbranched alkanes of at least 4 members (excludes halogenated alkanes) is 1. The molecule has 26 heavy (non-hydrogen) atoms. The molecule has 2 aromatic rings. The van der Waals surface area contributed by atoms with E-state index in [0.717, 1.165) is 12.8 Å². The van der Waals surface area contributed by atoms with Crippen LogP contribution in [0.4, 0.5) is 0 Å². The van der Waals surface area contributed by atoms with Crippen molar-refractivity contribution in [3.63, 3.8) is 0 Å². The summed E-state index contributed by atoms with van der Waals surface area (Å²) in [5, 5.41) is 9.10. The SMILES string of the molecule is CCCCOc1ccc(S(=O)(=O)NC(C)C(=O)O)c2cc(C(C)=O)oc12. The standard InChI is InChI=1S/C17H21NO7S/c1-4-5-8-24-13-6-7-15(26(22,23)18-10(2)17(20)21)12-9-14(11(3)19)25-16(12)13/h6-7,9-10,18H,4-5,8H2,1-3H3,(H,20,21). The number of ketones is 1. The van der Waals surface area contributed by atoms with Crippen LogP contribution in [0.3, 0.4) is 0 Å². The second-order valence-corrected chi connectivity index (χ2v) is 7.54. The first-order valence-electron chi connectivity index (χ1n) is 8.12. The largest absolute Gasteiger partial charge is 0.490 e. The number of hydrogen-bond acceptors (Lipinski definition) is 6. The van der Waals surface area contributed by atoms with Gasteiger partial charge in [-0.05, 0) is 31.5 Å². The zero-order chi connectivity index (χ0) is 19.5. The van der Waals surface area contributed by atoms with Gasteiger partial charge in [0, 0.05) is 12.3 Å². The molecule has 2 rings (SSSR count). The lowest BCUT2D eigenvalue weighted by Crippen LogP contribution is -2.38. The molecular formula is C17H21NO7S. The third kappa shape index (κ3) is 4.23. The number of ether oxygens (including phenoxy) is 1. The third-order valence-electron chi connectivity index (χ3n) is 3.70. The fourth-order valence-corrected chi connectivity index (χ4v) is 3.65. The van der Waals surface area contributed by atoms with Gasteiger partial charge in [-0.15, -0.1) is 0 Å². The monoisotopic (exact) mass is 383 g/mol. The Labute approximate surface area is 151 Å². The molecule has 8 nitrogen and oxygen atoms in total. The number of carbonyl (C=O) groups is 2. The van der Waals surface area contributed by atoms with Gasteiger partial charge in [0.2, 0.25) is 10.0 Å². The minimum atomic E-state index is -4.14. The number of carbonyl (C=O) groups excluding carboxylic acids is 1. The van der Waals surface area contributed by atoms with Crippen LogP contribution in [0, 0.1) is 0 Å². The summed E-state index contributed by atoms with van der Waals surface area (Å²) in [4.78, 5) is 22.4. The first kappa shape index (κ1) is 19.9. The van der Waals surface area contributed by atoms with Gasteiger partial charge in [0.15, 0.2) is 22.9 Å². The molecule has 0 aliphatic heterocycles. The number of carboxylic acids is 1. The van der Waals surface area contributed by atoms with Crippen molar-refractivity contribution in [2.75, 3.05) is 6.61 Å². The van der Waals surface area contributed by atoms with Gasteiger partial charge in [-0.25, -0.2) is 8.42 Å². The number of nitrogens with one attached hydrogen (secondary N) is 1. The molecule has 1 aromatic heterocycles. The Hall–Kier alpha value is -2.39. The minimum absolute atomic E-state index is 0.00530. The zero-order valence-corrected chi connectivity index (χ0v) is 15.6. The molecule has 2 N–H and O–H groups in total. The molecule has 0 aliphatic rings. The van der Waals surface area contributed by atoms with Crippen LogP contribution >= 0.6 is 0 Å². The van der Waals surface area contributed by atoms with Crippen LogP contribution < -0.4 is 9.46 Å². The van der Waals surface area contributed by atoms with Crippen LogP contribution in [0.25, 0.3) is 11.0 Å². The average molecular weight is 383 g/mol. The Morgan fingerprint density at radius 2 is 2.04 bits per heavy atom. The summed E-state index contributed by atoms with van der Waals surface area (Å²) >= 11 is 0. The molecule has 0 saturated heterocycles. The highest BCUT2D eigenvalue weighted by atomic mass is 32.2. The summed E-state index contributed by atoms with van der Waals surface area (Å²) in [5.41, 5.74) is 0.136. The number of sulfonamides is 1. The molecule has 1 unspecified atom stereocenters. The van der Waals surface area contributed by atoms with E-state index in [1.54, 1.807) is 0 Å². The van der Waals surface area contributed by atoms with Crippen LogP contribution in [0.1, 0.15) is 44.2 Å². The molecule has 0 radical (unpaired) electrons. The molecule has 0 aliphatic carbocycles. The van der Waals surface area contributed by atoms with E-state index in [-0.39, 0.29) is 27.4 Å². The Balaban J connectivity index is 2.55. The van der Waals surface area contributed by atoms with Crippen LogP contribution in [0.5, 0.6) is 5.75 Å². The van der Waals surface area contributed by atoms with Crippen molar-refractivity contribution in [3.05, 3.63) is 24.0 Å². The number of fused-ring (bicyclic) bond motifs is 1. The normalized spacial score (nSPS) is 12.9. The van der Waals surface area contributed by atoms with Crippen molar-refractivity contribution in [2.24, 2.45) is 0 Å². The first-order valence-corrected chi connectivity index (χ1v) is 9.61. The molecule has 1 heterocycles. The topological polar surface area (TPSA) is 123 Å². The fraction of sp³-hybridized carbons (Fsp3) is 0.412. The summed E-state index contributed by atoms with van der Waals surface area (Å²) in [7, 11) is -4.14. The van der Waals surface area contributed by atoms with E-state index in [1.165, 1.54) is 32.0 Å². The van der Waals surface area contributed by atoms with E-state index in [2.05, 4.69) is 4.72 Å². The zero-order valence-electron chi connectivity index (χ0n) is 14.7. The van der Waals surface area contributed by atoms with Gasteiger partial charge in [0.05, 0.1) is 11.5 Å². The van der Waals surface area contributed by atoms with Gasteiger partial charge in [-0.3, -0.25) is 9.59 Å². The van der Waals surface area contributed by atoms with E-state index in [4.69, 9.17) is 14.3 Å². The van der Waals surface area contributed by atoms with Gasteiger partial charge in [0.1, 0.15) is 6.04 Å². The Bertz CT molecular complexity index is 930. The molecule has 0 fully saturated rings. The summed E-state index contributed by atoms with van der Waals surface area (Å²) in [6.07, 6.45) is 1.73. The van der Waals surface area contributed by atoms with Crippen molar-refractivity contribution in [1.82, 2.24) is 4.72 Å². The van der Waals surface area contributed by atoms with Gasteiger partial charge in [0.25, 0.3) is 0 Å². The predicted octanol–water partition coefficient (Wildman–Crippen LogP) is 2.57. The van der Waals surface area contributed by atoms with Crippen LogP contribution in [0.2, 0.25) is 0 Å². The van der Waals surface area contributed by atoms with Crippen molar-refractivity contribution in [2.45, 2.75) is 44.6 Å². The lowest BCUT2D eigenvalue weighted by molar-refractivity contribution is -0.138. The Morgan fingerprint density at radius 1 is 1.35 bits per heavy atom. The smallest absolute Gasteiger partial charge is 0.321 e. The van der Waals surface area contributed by atoms with E-state index in [1.807, 2.05) is 6.92 Å². The highest BCUT2D eigenvalue weighted by Crippen LogP contribution is 2.34. The molecule has 0 bridgehead atoms. The summed E-state index contributed by atoms with van der Waals surface area (Å²) in [6.45, 7) is 4.94. The quantitative estimate of drug-likeness (QED) is 0.504. The number of rotatable bonds is 9. The van der Waals surface area contributed by atoms with Crippen molar-refractivity contribution < 1.29 is 32.3 Å².